The minimum absolute atomic E-state index is 0.161. The summed E-state index contributed by atoms with van der Waals surface area (Å²) in [5, 5.41) is 15.7. The Bertz CT molecular complexity index is 591. The predicted molar refractivity (Wildman–Crippen MR) is 76.7 cm³/mol. The van der Waals surface area contributed by atoms with Gasteiger partial charge in [-0.15, -0.1) is 11.3 Å². The van der Waals surface area contributed by atoms with Crippen LogP contribution in [0, 0.1) is 0 Å². The van der Waals surface area contributed by atoms with E-state index in [9.17, 15) is 9.90 Å². The van der Waals surface area contributed by atoms with Crippen LogP contribution in [-0.4, -0.2) is 16.7 Å². The lowest BCUT2D eigenvalue weighted by Crippen LogP contribution is -2.18. The first-order valence-electron chi connectivity index (χ1n) is 5.91. The van der Waals surface area contributed by atoms with Crippen LogP contribution in [0.3, 0.4) is 0 Å². The molecular formula is C14H14N2O2S. The number of hydrogen-bond donors (Lipinski definition) is 2. The molecule has 0 aliphatic rings. The quantitative estimate of drug-likeness (QED) is 0.665. The molecule has 0 saturated heterocycles. The highest BCUT2D eigenvalue weighted by Crippen LogP contribution is 2.18. The van der Waals surface area contributed by atoms with Crippen molar-refractivity contribution in [3.63, 3.8) is 0 Å². The average molecular weight is 274 g/mol. The standard InChI is InChI=1S/C14H14N2O2S/c1-2-11(10-6-3-4-7-12(10)17)15-16-14(18)13-8-5-9-19-13/h3-9,17H,2H2,1H3,(H,16,18)/b15-11-. The number of para-hydroxylation sites is 1. The summed E-state index contributed by atoms with van der Waals surface area (Å²) in [7, 11) is 0. The first-order valence-corrected chi connectivity index (χ1v) is 6.79. The fraction of sp³-hybridized carbons (Fsp3) is 0.143. The van der Waals surface area contributed by atoms with E-state index in [1.165, 1.54) is 11.3 Å². The zero-order valence-electron chi connectivity index (χ0n) is 10.5. The molecule has 0 aliphatic carbocycles. The molecule has 2 aromatic rings. The molecule has 98 valence electrons. The lowest BCUT2D eigenvalue weighted by molar-refractivity contribution is 0.0959. The van der Waals surface area contributed by atoms with Crippen molar-refractivity contribution in [1.82, 2.24) is 5.43 Å². The summed E-state index contributed by atoms with van der Waals surface area (Å²) in [5.74, 6) is -0.0788. The maximum Gasteiger partial charge on any atom is 0.281 e. The first kappa shape index (κ1) is 13.3. The maximum atomic E-state index is 11.8. The van der Waals surface area contributed by atoms with Crippen LogP contribution in [0.5, 0.6) is 5.75 Å². The van der Waals surface area contributed by atoms with Gasteiger partial charge in [0.25, 0.3) is 5.91 Å². The van der Waals surface area contributed by atoms with Gasteiger partial charge in [0.1, 0.15) is 5.75 Å². The van der Waals surface area contributed by atoms with E-state index in [0.29, 0.717) is 22.6 Å². The summed E-state index contributed by atoms with van der Waals surface area (Å²) in [6.07, 6.45) is 0.613. The van der Waals surface area contributed by atoms with Gasteiger partial charge < -0.3 is 5.11 Å². The molecule has 4 nitrogen and oxygen atoms in total. The number of nitrogens with zero attached hydrogens (tertiary/aromatic N) is 1. The van der Waals surface area contributed by atoms with Crippen molar-refractivity contribution in [3.8, 4) is 5.75 Å². The molecule has 0 fully saturated rings. The number of benzene rings is 1. The van der Waals surface area contributed by atoms with Gasteiger partial charge in [-0.2, -0.15) is 5.10 Å². The predicted octanol–water partition coefficient (Wildman–Crippen LogP) is 3.00. The van der Waals surface area contributed by atoms with Crippen molar-refractivity contribution >= 4 is 23.0 Å². The summed E-state index contributed by atoms with van der Waals surface area (Å²) in [4.78, 5) is 12.4. The van der Waals surface area contributed by atoms with Crippen LogP contribution >= 0.6 is 11.3 Å². The van der Waals surface area contributed by atoms with Crippen LogP contribution < -0.4 is 5.43 Å². The second-order valence-corrected chi connectivity index (χ2v) is 4.80. The Balaban J connectivity index is 2.16. The van der Waals surface area contributed by atoms with E-state index in [2.05, 4.69) is 10.5 Å². The zero-order valence-corrected chi connectivity index (χ0v) is 11.3. The molecule has 19 heavy (non-hydrogen) atoms. The van der Waals surface area contributed by atoms with Gasteiger partial charge in [0.2, 0.25) is 0 Å². The minimum Gasteiger partial charge on any atom is -0.507 e. The van der Waals surface area contributed by atoms with E-state index in [-0.39, 0.29) is 11.7 Å². The molecule has 5 heteroatoms. The average Bonchev–Trinajstić information content (AvgIpc) is 2.95. The molecule has 0 radical (unpaired) electrons. The minimum atomic E-state index is -0.239. The SMILES string of the molecule is CC/C(=N/NC(=O)c1cccs1)c1ccccc1O. The first-order chi connectivity index (χ1) is 9.22. The second-order valence-electron chi connectivity index (χ2n) is 3.85. The number of rotatable bonds is 4. The Kier molecular flexibility index (Phi) is 4.30. The van der Waals surface area contributed by atoms with Gasteiger partial charge in [-0.1, -0.05) is 25.1 Å². The van der Waals surface area contributed by atoms with Crippen LogP contribution in [0.4, 0.5) is 0 Å². The van der Waals surface area contributed by atoms with E-state index in [0.717, 1.165) is 0 Å². The fourth-order valence-electron chi connectivity index (χ4n) is 1.63. The van der Waals surface area contributed by atoms with Crippen LogP contribution in [0.15, 0.2) is 46.9 Å². The highest BCUT2D eigenvalue weighted by molar-refractivity contribution is 7.12. The Morgan fingerprint density at radius 3 is 2.74 bits per heavy atom. The molecule has 1 aromatic carbocycles. The van der Waals surface area contributed by atoms with Gasteiger partial charge in [-0.3, -0.25) is 4.79 Å². The van der Waals surface area contributed by atoms with Crippen LogP contribution in [0.25, 0.3) is 0 Å². The molecule has 1 aromatic heterocycles. The van der Waals surface area contributed by atoms with Gasteiger partial charge in [0.15, 0.2) is 0 Å². The third kappa shape index (κ3) is 3.20. The van der Waals surface area contributed by atoms with Crippen molar-refractivity contribution in [2.24, 2.45) is 5.10 Å². The summed E-state index contributed by atoms with van der Waals surface area (Å²) in [6.45, 7) is 1.92. The Morgan fingerprint density at radius 1 is 1.32 bits per heavy atom. The molecule has 0 atom stereocenters. The highest BCUT2D eigenvalue weighted by atomic mass is 32.1. The summed E-state index contributed by atoms with van der Waals surface area (Å²) in [5.41, 5.74) is 3.79. The summed E-state index contributed by atoms with van der Waals surface area (Å²) < 4.78 is 0. The van der Waals surface area contributed by atoms with Crippen molar-refractivity contribution < 1.29 is 9.90 Å². The Hall–Kier alpha value is -2.14. The Labute approximate surface area is 115 Å². The van der Waals surface area contributed by atoms with Gasteiger partial charge >= 0.3 is 0 Å². The van der Waals surface area contributed by atoms with E-state index in [1.54, 1.807) is 24.3 Å². The van der Waals surface area contributed by atoms with Crippen LogP contribution in [0.2, 0.25) is 0 Å². The number of thiophene rings is 1. The smallest absolute Gasteiger partial charge is 0.281 e. The number of nitrogens with one attached hydrogen (secondary N) is 1. The van der Waals surface area contributed by atoms with Gasteiger partial charge in [-0.05, 0) is 30.0 Å². The summed E-state index contributed by atoms with van der Waals surface area (Å²) in [6, 6.07) is 10.5. The molecule has 0 aliphatic heterocycles. The number of phenols is 1. The number of amides is 1. The van der Waals surface area contributed by atoms with E-state index in [1.807, 2.05) is 24.4 Å². The van der Waals surface area contributed by atoms with E-state index >= 15 is 0 Å². The molecular weight excluding hydrogens is 260 g/mol. The largest absolute Gasteiger partial charge is 0.507 e. The molecule has 0 bridgehead atoms. The van der Waals surface area contributed by atoms with Crippen LogP contribution in [0.1, 0.15) is 28.6 Å². The third-order valence-electron chi connectivity index (χ3n) is 2.59. The zero-order chi connectivity index (χ0) is 13.7. The molecule has 0 saturated carbocycles. The normalized spacial score (nSPS) is 11.3. The maximum absolute atomic E-state index is 11.8. The highest BCUT2D eigenvalue weighted by Gasteiger charge is 2.09. The lowest BCUT2D eigenvalue weighted by Gasteiger charge is -2.06. The molecule has 2 N–H and O–H groups in total. The van der Waals surface area contributed by atoms with Crippen LogP contribution in [-0.2, 0) is 0 Å². The topological polar surface area (TPSA) is 61.7 Å². The molecule has 0 unspecified atom stereocenters. The van der Waals surface area contributed by atoms with Crippen molar-refractivity contribution in [3.05, 3.63) is 52.2 Å². The van der Waals surface area contributed by atoms with Gasteiger partial charge in [0.05, 0.1) is 10.6 Å². The second kappa shape index (κ2) is 6.15. The van der Waals surface area contributed by atoms with Crippen molar-refractivity contribution in [2.75, 3.05) is 0 Å². The molecule has 1 amide bonds. The molecule has 0 spiro atoms. The number of carbonyl (C=O) groups excluding carboxylic acids is 1. The van der Waals surface area contributed by atoms with Crippen molar-refractivity contribution in [2.45, 2.75) is 13.3 Å². The number of hydrazone groups is 1. The monoisotopic (exact) mass is 274 g/mol. The fourth-order valence-corrected chi connectivity index (χ4v) is 2.24. The van der Waals surface area contributed by atoms with Crippen molar-refractivity contribution in [1.29, 1.82) is 0 Å². The number of aromatic hydroxyl groups is 1. The van der Waals surface area contributed by atoms with E-state index in [4.69, 9.17) is 0 Å². The lowest BCUT2D eigenvalue weighted by atomic mass is 10.1. The van der Waals surface area contributed by atoms with Gasteiger partial charge in [-0.25, -0.2) is 5.43 Å². The third-order valence-corrected chi connectivity index (χ3v) is 3.46. The molecule has 2 rings (SSSR count). The molecule has 1 heterocycles. The number of carbonyl (C=O) groups is 1. The Morgan fingerprint density at radius 2 is 2.11 bits per heavy atom. The number of phenolic OH excluding ortho intramolecular Hbond substituents is 1. The van der Waals surface area contributed by atoms with Gasteiger partial charge in [0, 0.05) is 5.56 Å². The number of hydrogen-bond acceptors (Lipinski definition) is 4. The summed E-state index contributed by atoms with van der Waals surface area (Å²) >= 11 is 1.36. The van der Waals surface area contributed by atoms with E-state index < -0.39 is 0 Å².